The number of aryl methyl sites for hydroxylation is 1. The molecule has 3 aromatic rings. The van der Waals surface area contributed by atoms with Crippen LogP contribution in [0.1, 0.15) is 27.0 Å². The molecule has 0 aliphatic heterocycles. The summed E-state index contributed by atoms with van der Waals surface area (Å²) in [5, 5.41) is 11.2. The van der Waals surface area contributed by atoms with Crippen LogP contribution in [0.25, 0.3) is 11.1 Å². The lowest BCUT2D eigenvalue weighted by atomic mass is 9.98. The molecule has 0 aliphatic carbocycles. The van der Waals surface area contributed by atoms with Crippen molar-refractivity contribution in [2.24, 2.45) is 0 Å². The van der Waals surface area contributed by atoms with Crippen molar-refractivity contribution in [1.82, 2.24) is 0 Å². The van der Waals surface area contributed by atoms with Gasteiger partial charge in [-0.1, -0.05) is 23.7 Å². The number of nitrogens with one attached hydrogen (secondary N) is 1. The first-order chi connectivity index (χ1) is 16.5. The fourth-order valence-electron chi connectivity index (χ4n) is 3.18. The summed E-state index contributed by atoms with van der Waals surface area (Å²) in [6, 6.07) is 16.1. The Morgan fingerprint density at radius 2 is 1.83 bits per heavy atom. The molecule has 3 rings (SSSR count). The lowest BCUT2D eigenvalue weighted by Gasteiger charge is -2.16. The summed E-state index contributed by atoms with van der Waals surface area (Å²) in [5.74, 6) is -2.85. The molecule has 180 valence electrons. The zero-order chi connectivity index (χ0) is 25.8. The van der Waals surface area contributed by atoms with E-state index in [1.165, 1.54) is 25.3 Å². The van der Waals surface area contributed by atoms with Gasteiger partial charge in [0, 0.05) is 11.1 Å². The Morgan fingerprint density at radius 1 is 1.09 bits per heavy atom. The molecule has 0 aromatic heterocycles. The van der Waals surface area contributed by atoms with Gasteiger partial charge < -0.3 is 14.8 Å². The number of hydrogen-bond acceptors (Lipinski definition) is 5. The summed E-state index contributed by atoms with van der Waals surface area (Å²) in [5.41, 5.74) is 2.59. The van der Waals surface area contributed by atoms with Crippen molar-refractivity contribution in [2.45, 2.75) is 19.7 Å². The molecular formula is C25H18ClF3N2O4. The molecule has 0 fully saturated rings. The van der Waals surface area contributed by atoms with Crippen molar-refractivity contribution in [3.8, 4) is 22.9 Å². The van der Waals surface area contributed by atoms with E-state index in [4.69, 9.17) is 21.1 Å². The minimum atomic E-state index is -5.09. The maximum Gasteiger partial charge on any atom is 0.471 e. The molecule has 0 bridgehead atoms. The van der Waals surface area contributed by atoms with Gasteiger partial charge in [0.15, 0.2) is 0 Å². The third-order valence-electron chi connectivity index (χ3n) is 4.90. The monoisotopic (exact) mass is 502 g/mol. The van der Waals surface area contributed by atoms with E-state index in [-0.39, 0.29) is 28.6 Å². The molecule has 6 nitrogen and oxygen atoms in total. The van der Waals surface area contributed by atoms with Crippen molar-refractivity contribution in [1.29, 1.82) is 5.26 Å². The Balaban J connectivity index is 1.97. The van der Waals surface area contributed by atoms with Gasteiger partial charge >= 0.3 is 18.1 Å². The molecule has 0 aliphatic rings. The van der Waals surface area contributed by atoms with Crippen molar-refractivity contribution in [3.63, 3.8) is 0 Å². The molecule has 0 radical (unpaired) electrons. The molecule has 0 unspecified atom stereocenters. The number of nitriles is 1. The molecular weight excluding hydrogens is 485 g/mol. The average molecular weight is 503 g/mol. The zero-order valence-corrected chi connectivity index (χ0v) is 19.3. The Morgan fingerprint density at radius 3 is 2.49 bits per heavy atom. The summed E-state index contributed by atoms with van der Waals surface area (Å²) in [6.07, 6.45) is -5.09. The molecule has 0 saturated carbocycles. The van der Waals surface area contributed by atoms with E-state index in [0.717, 1.165) is 0 Å². The minimum absolute atomic E-state index is 0.0882. The number of benzene rings is 3. The van der Waals surface area contributed by atoms with Crippen LogP contribution in [0.15, 0.2) is 54.6 Å². The number of esters is 1. The van der Waals surface area contributed by atoms with E-state index in [9.17, 15) is 28.0 Å². The van der Waals surface area contributed by atoms with Gasteiger partial charge in [-0.2, -0.15) is 18.4 Å². The number of alkyl halides is 3. The molecule has 10 heteroatoms. The van der Waals surface area contributed by atoms with Crippen molar-refractivity contribution in [3.05, 3.63) is 81.9 Å². The summed E-state index contributed by atoms with van der Waals surface area (Å²) in [4.78, 5) is 23.7. The number of methoxy groups -OCH3 is 1. The summed E-state index contributed by atoms with van der Waals surface area (Å²) >= 11 is 6.11. The highest BCUT2D eigenvalue weighted by atomic mass is 35.5. The Hall–Kier alpha value is -4.03. The topological polar surface area (TPSA) is 88.4 Å². The number of carbonyl (C=O) groups is 2. The van der Waals surface area contributed by atoms with Gasteiger partial charge in [0.25, 0.3) is 0 Å². The average Bonchev–Trinajstić information content (AvgIpc) is 2.83. The lowest BCUT2D eigenvalue weighted by molar-refractivity contribution is -0.167. The highest BCUT2D eigenvalue weighted by Crippen LogP contribution is 2.33. The van der Waals surface area contributed by atoms with Gasteiger partial charge in [0.2, 0.25) is 0 Å². The van der Waals surface area contributed by atoms with Gasteiger partial charge in [-0.25, -0.2) is 4.79 Å². The summed E-state index contributed by atoms with van der Waals surface area (Å²) in [7, 11) is 1.23. The molecule has 3 aromatic carbocycles. The summed E-state index contributed by atoms with van der Waals surface area (Å²) in [6.45, 7) is 1.39. The van der Waals surface area contributed by atoms with Gasteiger partial charge in [0.1, 0.15) is 12.4 Å². The second kappa shape index (κ2) is 10.5. The fraction of sp³-hybridized carbons (Fsp3) is 0.160. The van der Waals surface area contributed by atoms with E-state index in [1.54, 1.807) is 48.6 Å². The second-order valence-electron chi connectivity index (χ2n) is 7.44. The molecule has 1 N–H and O–H groups in total. The highest BCUT2D eigenvalue weighted by molar-refractivity contribution is 6.31. The molecule has 35 heavy (non-hydrogen) atoms. The van der Waals surface area contributed by atoms with Crippen LogP contribution in [0.4, 0.5) is 18.9 Å². The van der Waals surface area contributed by atoms with E-state index in [1.807, 2.05) is 6.07 Å². The first-order valence-corrected chi connectivity index (χ1v) is 10.4. The number of hydrogen-bond donors (Lipinski definition) is 1. The smallest absolute Gasteiger partial charge is 0.471 e. The van der Waals surface area contributed by atoms with Crippen LogP contribution in [0.3, 0.4) is 0 Å². The Bertz CT molecular complexity index is 1330. The van der Waals surface area contributed by atoms with E-state index in [2.05, 4.69) is 0 Å². The van der Waals surface area contributed by atoms with Gasteiger partial charge in [-0.3, -0.25) is 4.79 Å². The SMILES string of the molecule is COC(=O)c1cc(COc2cc(Cl)c(C)cc2NC(=O)C(F)(F)F)cc(-c2cccc(C#N)c2)c1. The quantitative estimate of drug-likeness (QED) is 0.414. The first-order valence-electron chi connectivity index (χ1n) is 10.1. The van der Waals surface area contributed by atoms with Crippen molar-refractivity contribution >= 4 is 29.2 Å². The lowest BCUT2D eigenvalue weighted by Crippen LogP contribution is -2.30. The molecule has 0 heterocycles. The van der Waals surface area contributed by atoms with Crippen LogP contribution in [-0.4, -0.2) is 25.2 Å². The fourth-order valence-corrected chi connectivity index (χ4v) is 3.33. The van der Waals surface area contributed by atoms with E-state index >= 15 is 0 Å². The predicted octanol–water partition coefficient (Wildman–Crippen LogP) is 6.05. The molecule has 0 saturated heterocycles. The van der Waals surface area contributed by atoms with Gasteiger partial charge in [-0.15, -0.1) is 0 Å². The minimum Gasteiger partial charge on any atom is -0.487 e. The van der Waals surface area contributed by atoms with E-state index in [0.29, 0.717) is 27.8 Å². The second-order valence-corrected chi connectivity index (χ2v) is 7.85. The third-order valence-corrected chi connectivity index (χ3v) is 5.31. The van der Waals surface area contributed by atoms with Crippen LogP contribution in [0.5, 0.6) is 5.75 Å². The van der Waals surface area contributed by atoms with E-state index < -0.39 is 18.1 Å². The standard InChI is InChI=1S/C25H18ClF3N2O4/c1-14-6-21(31-24(33)25(27,28)29)22(11-20(14)26)35-13-16-8-18(10-19(9-16)23(32)34-2)17-5-3-4-15(7-17)12-30/h3-11H,13H2,1-2H3,(H,31,33). The number of ether oxygens (including phenoxy) is 2. The Kier molecular flexibility index (Phi) is 7.67. The molecule has 1 amide bonds. The van der Waals surface area contributed by atoms with Crippen molar-refractivity contribution < 1.29 is 32.2 Å². The van der Waals surface area contributed by atoms with Gasteiger partial charge in [-0.05, 0) is 65.6 Å². The number of carbonyl (C=O) groups excluding carboxylic acids is 2. The zero-order valence-electron chi connectivity index (χ0n) is 18.5. The van der Waals surface area contributed by atoms with Gasteiger partial charge in [0.05, 0.1) is 30.0 Å². The molecule has 0 atom stereocenters. The van der Waals surface area contributed by atoms with Crippen LogP contribution in [0, 0.1) is 18.3 Å². The predicted molar refractivity (Wildman–Crippen MR) is 123 cm³/mol. The highest BCUT2D eigenvalue weighted by Gasteiger charge is 2.39. The van der Waals surface area contributed by atoms with Crippen LogP contribution in [0.2, 0.25) is 5.02 Å². The number of halogens is 4. The molecule has 0 spiro atoms. The number of amides is 1. The van der Waals surface area contributed by atoms with Crippen LogP contribution < -0.4 is 10.1 Å². The number of nitrogens with zero attached hydrogens (tertiary/aromatic N) is 1. The third kappa shape index (κ3) is 6.31. The normalized spacial score (nSPS) is 10.9. The number of rotatable bonds is 6. The van der Waals surface area contributed by atoms with Crippen LogP contribution in [-0.2, 0) is 16.1 Å². The maximum absolute atomic E-state index is 12.8. The maximum atomic E-state index is 12.8. The van der Waals surface area contributed by atoms with Crippen LogP contribution >= 0.6 is 11.6 Å². The van der Waals surface area contributed by atoms with Crippen molar-refractivity contribution in [2.75, 3.05) is 12.4 Å². The first kappa shape index (κ1) is 25.6. The largest absolute Gasteiger partial charge is 0.487 e. The number of anilines is 1. The summed E-state index contributed by atoms with van der Waals surface area (Å²) < 4.78 is 48.8. The Labute approximate surface area is 203 Å².